The van der Waals surface area contributed by atoms with E-state index in [1.807, 2.05) is 52.7 Å². The van der Waals surface area contributed by atoms with Crippen molar-refractivity contribution in [3.8, 4) is 0 Å². The monoisotopic (exact) mass is 555 g/mol. The fourth-order valence-electron chi connectivity index (χ4n) is 4.31. The van der Waals surface area contributed by atoms with Gasteiger partial charge in [-0.1, -0.05) is 24.6 Å². The number of anilines is 1. The topological polar surface area (TPSA) is 159 Å². The molecule has 14 heteroatoms. The molecule has 2 aliphatic heterocycles. The number of carbonyl (C=O) groups excluding carboxylic acids is 3. The highest BCUT2D eigenvalue weighted by Crippen LogP contribution is 2.40. The van der Waals surface area contributed by atoms with Gasteiger partial charge in [-0.15, -0.1) is 23.1 Å². The molecule has 5 heterocycles. The Hall–Kier alpha value is -3.91. The lowest BCUT2D eigenvalue weighted by molar-refractivity contribution is -0.510. The highest BCUT2D eigenvalue weighted by molar-refractivity contribution is 8.00. The predicted octanol–water partition coefficient (Wildman–Crippen LogP) is -0.110. The molecule has 198 valence electrons. The zero-order valence-electron chi connectivity index (χ0n) is 20.4. The Kier molecular flexibility index (Phi) is 7.33. The Morgan fingerprint density at radius 3 is 2.95 bits per heavy atom. The zero-order chi connectivity index (χ0) is 26.8. The molecule has 0 spiro atoms. The smallest absolute Gasteiger partial charge is 0.286 e. The molecule has 0 aromatic carbocycles. The molecule has 0 unspecified atom stereocenters. The largest absolute Gasteiger partial charge is 0.543 e. The van der Waals surface area contributed by atoms with Crippen LogP contribution in [0.15, 0.2) is 58.6 Å². The molecule has 0 bridgehead atoms. The summed E-state index contributed by atoms with van der Waals surface area (Å²) >= 11 is 2.52. The van der Waals surface area contributed by atoms with Crippen LogP contribution in [0.2, 0.25) is 0 Å². The summed E-state index contributed by atoms with van der Waals surface area (Å²) in [4.78, 5) is 49.0. The van der Waals surface area contributed by atoms with Crippen molar-refractivity contribution in [3.05, 3.63) is 59.1 Å². The van der Waals surface area contributed by atoms with Gasteiger partial charge in [0.05, 0.1) is 17.9 Å². The first-order valence-electron chi connectivity index (χ1n) is 11.9. The second kappa shape index (κ2) is 10.8. The molecule has 2 amide bonds. The number of pyridine rings is 1. The molecule has 0 saturated carbocycles. The first kappa shape index (κ1) is 25.7. The number of hydrogen-bond acceptors (Lipinski definition) is 10. The van der Waals surface area contributed by atoms with Crippen molar-refractivity contribution in [2.24, 2.45) is 5.16 Å². The summed E-state index contributed by atoms with van der Waals surface area (Å²) in [5.41, 5.74) is 7.12. The molecule has 1 fully saturated rings. The van der Waals surface area contributed by atoms with Gasteiger partial charge in [0.15, 0.2) is 10.8 Å². The number of β-lactam (4-membered cyclic amide) rings is 1. The Morgan fingerprint density at radius 2 is 2.21 bits per heavy atom. The van der Waals surface area contributed by atoms with Crippen molar-refractivity contribution < 1.29 is 28.7 Å². The summed E-state index contributed by atoms with van der Waals surface area (Å²) in [5.74, 6) is -2.28. The van der Waals surface area contributed by atoms with Crippen LogP contribution >= 0.6 is 23.1 Å². The van der Waals surface area contributed by atoms with E-state index in [-0.39, 0.29) is 28.8 Å². The first-order valence-corrected chi connectivity index (χ1v) is 13.9. The van der Waals surface area contributed by atoms with Crippen molar-refractivity contribution in [2.45, 2.75) is 37.7 Å². The van der Waals surface area contributed by atoms with Crippen LogP contribution in [0.5, 0.6) is 0 Å². The number of carbonyl (C=O) groups is 3. The van der Waals surface area contributed by atoms with Gasteiger partial charge in [-0.3, -0.25) is 14.5 Å². The number of nitrogens with zero attached hydrogens (tertiary/aromatic N) is 5. The molecule has 2 aliphatic rings. The highest BCUT2D eigenvalue weighted by atomic mass is 32.2. The minimum Gasteiger partial charge on any atom is -0.543 e. The Labute approximate surface area is 225 Å². The third-order valence-electron chi connectivity index (χ3n) is 6.18. The molecule has 2 atom stereocenters. The fourth-order valence-corrected chi connectivity index (χ4v) is 6.19. The van der Waals surface area contributed by atoms with Gasteiger partial charge in [0, 0.05) is 22.8 Å². The number of carboxylic acids is 1. The highest BCUT2D eigenvalue weighted by Gasteiger charge is 2.53. The number of rotatable bonds is 10. The molecule has 3 N–H and O–H groups in total. The third kappa shape index (κ3) is 4.84. The lowest BCUT2D eigenvalue weighted by Crippen LogP contribution is -2.71. The average molecular weight is 556 g/mol. The second-order valence-corrected chi connectivity index (χ2v) is 10.7. The number of imidazole rings is 1. The van der Waals surface area contributed by atoms with Crippen LogP contribution in [0.25, 0.3) is 5.65 Å². The van der Waals surface area contributed by atoms with Gasteiger partial charge in [-0.05, 0) is 12.5 Å². The second-order valence-electron chi connectivity index (χ2n) is 8.69. The number of amides is 2. The Balaban J connectivity index is 1.34. The van der Waals surface area contributed by atoms with Crippen LogP contribution in [0, 0.1) is 0 Å². The number of oxime groups is 1. The number of carboxylic acid groups (broad SMARTS) is 1. The number of nitrogens with two attached hydrogens (primary N) is 1. The maximum absolute atomic E-state index is 13.1. The summed E-state index contributed by atoms with van der Waals surface area (Å²) < 4.78 is 3.82. The van der Waals surface area contributed by atoms with E-state index in [0.717, 1.165) is 29.8 Å². The molecule has 3 aromatic rings. The predicted molar refractivity (Wildman–Crippen MR) is 139 cm³/mol. The molecule has 0 aliphatic carbocycles. The number of aliphatic carboxylic acids is 1. The van der Waals surface area contributed by atoms with Crippen LogP contribution in [-0.4, -0.2) is 61.7 Å². The summed E-state index contributed by atoms with van der Waals surface area (Å²) in [6.45, 7) is 2.60. The maximum atomic E-state index is 13.1. The van der Waals surface area contributed by atoms with E-state index in [4.69, 9.17) is 10.6 Å². The van der Waals surface area contributed by atoms with Crippen LogP contribution < -0.4 is 20.6 Å². The van der Waals surface area contributed by atoms with Crippen molar-refractivity contribution >= 4 is 57.4 Å². The normalized spacial score (nSPS) is 19.3. The molecule has 12 nitrogen and oxygen atoms in total. The van der Waals surface area contributed by atoms with Gasteiger partial charge >= 0.3 is 0 Å². The standard InChI is InChI=1S/C24H25N7O5S2/c1-2-3-10-36-28-17(15-13-38-24(25)26-15)20(32)27-18-21(33)31-19(23(34)35)14(12-37-22(18)31)11-30-9-8-29-7-5-4-6-16(29)30/h4-9,13,18,22H,2-3,10-12H2,1H3,(H3-,25,26,27,32,34,35)/b28-17-/t18-,22-/m1/s1. The van der Waals surface area contributed by atoms with Crippen molar-refractivity contribution in [2.75, 3.05) is 18.1 Å². The SMILES string of the molecule is CCCCO/N=C(\C(=O)N[C@@H]1C(=O)N2C(C(=O)[O-])=C(Cn3cc[n+]4ccccc34)CS[C@H]12)c1csc(N)n1. The zero-order valence-corrected chi connectivity index (χ0v) is 22.0. The van der Waals surface area contributed by atoms with Gasteiger partial charge in [-0.2, -0.15) is 0 Å². The minimum absolute atomic E-state index is 0.102. The number of nitrogens with one attached hydrogen (secondary N) is 1. The summed E-state index contributed by atoms with van der Waals surface area (Å²) in [6.07, 6.45) is 7.26. The van der Waals surface area contributed by atoms with E-state index in [9.17, 15) is 19.5 Å². The molecule has 38 heavy (non-hydrogen) atoms. The van der Waals surface area contributed by atoms with Gasteiger partial charge < -0.3 is 25.8 Å². The van der Waals surface area contributed by atoms with Gasteiger partial charge in [-0.25, -0.2) is 14.0 Å². The first-order chi connectivity index (χ1) is 18.4. The molecule has 5 rings (SSSR count). The number of nitrogen functional groups attached to an aromatic ring is 1. The number of hydrogen-bond donors (Lipinski definition) is 2. The summed E-state index contributed by atoms with van der Waals surface area (Å²) in [5, 5.41) is 20.0. The van der Waals surface area contributed by atoms with E-state index < -0.39 is 29.2 Å². The van der Waals surface area contributed by atoms with Gasteiger partial charge in [0.2, 0.25) is 0 Å². The Morgan fingerprint density at radius 1 is 1.37 bits per heavy atom. The molecular weight excluding hydrogens is 530 g/mol. The quantitative estimate of drug-likeness (QED) is 0.115. The third-order valence-corrected chi connectivity index (χ3v) is 8.20. The number of unbranched alkanes of at least 4 members (excludes halogenated alkanes) is 1. The van der Waals surface area contributed by atoms with E-state index in [2.05, 4.69) is 15.5 Å². The van der Waals surface area contributed by atoms with Crippen LogP contribution in [0.4, 0.5) is 5.13 Å². The molecule has 1 saturated heterocycles. The number of thioether (sulfide) groups is 1. The number of thiazole rings is 1. The van der Waals surface area contributed by atoms with Gasteiger partial charge in [0.1, 0.15) is 42.7 Å². The van der Waals surface area contributed by atoms with E-state index in [0.29, 0.717) is 17.9 Å². The maximum Gasteiger partial charge on any atom is 0.286 e. The fraction of sp³-hybridized carbons (Fsp3) is 0.333. The van der Waals surface area contributed by atoms with Crippen molar-refractivity contribution in [3.63, 3.8) is 0 Å². The minimum atomic E-state index is -1.43. The van der Waals surface area contributed by atoms with E-state index in [1.165, 1.54) is 16.7 Å². The van der Waals surface area contributed by atoms with Crippen molar-refractivity contribution in [1.82, 2.24) is 19.8 Å². The summed E-state index contributed by atoms with van der Waals surface area (Å²) in [7, 11) is 0. The van der Waals surface area contributed by atoms with Gasteiger partial charge in [0.25, 0.3) is 17.5 Å². The molecule has 0 radical (unpaired) electrons. The van der Waals surface area contributed by atoms with E-state index >= 15 is 0 Å². The lowest BCUT2D eigenvalue weighted by Gasteiger charge is -2.50. The number of fused-ring (bicyclic) bond motifs is 2. The average Bonchev–Trinajstić information content (AvgIpc) is 3.52. The summed E-state index contributed by atoms with van der Waals surface area (Å²) in [6, 6.07) is 4.76. The molecule has 3 aromatic heterocycles. The van der Waals surface area contributed by atoms with Crippen LogP contribution in [-0.2, 0) is 25.8 Å². The van der Waals surface area contributed by atoms with Crippen LogP contribution in [0.1, 0.15) is 25.5 Å². The Bertz CT molecular complexity index is 1460. The number of aromatic nitrogens is 3. The molecular formula is C24H25N7O5S2. The lowest BCUT2D eigenvalue weighted by atomic mass is 10.0. The van der Waals surface area contributed by atoms with Crippen molar-refractivity contribution in [1.29, 1.82) is 0 Å². The van der Waals surface area contributed by atoms with E-state index in [1.54, 1.807) is 5.38 Å². The van der Waals surface area contributed by atoms with Crippen LogP contribution in [0.3, 0.4) is 0 Å².